The monoisotopic (exact) mass is 393 g/mol. The number of amides is 2. The molecular formula is C22H17ClFN3O. The van der Waals surface area contributed by atoms with E-state index < -0.39 is 0 Å². The number of hydrogen-bond acceptors (Lipinski definition) is 2. The van der Waals surface area contributed by atoms with Crippen LogP contribution in [0.3, 0.4) is 0 Å². The maximum absolute atomic E-state index is 13.1. The van der Waals surface area contributed by atoms with E-state index in [1.165, 1.54) is 29.3 Å². The van der Waals surface area contributed by atoms with Crippen LogP contribution in [0.2, 0.25) is 5.02 Å². The normalized spacial score (nSPS) is 16.0. The maximum atomic E-state index is 13.1. The molecule has 1 unspecified atom stereocenters. The smallest absolute Gasteiger partial charge is 0.306 e. The Morgan fingerprint density at radius 2 is 1.68 bits per heavy atom. The number of benzene rings is 3. The largest absolute Gasteiger partial charge is 0.342 e. The molecule has 0 fully saturated rings. The third-order valence-electron chi connectivity index (χ3n) is 4.59. The maximum Gasteiger partial charge on any atom is 0.342 e. The van der Waals surface area contributed by atoms with Gasteiger partial charge in [-0.15, -0.1) is 0 Å². The molecule has 3 aromatic carbocycles. The van der Waals surface area contributed by atoms with Crippen LogP contribution >= 0.6 is 11.6 Å². The van der Waals surface area contributed by atoms with Gasteiger partial charge < -0.3 is 5.32 Å². The summed E-state index contributed by atoms with van der Waals surface area (Å²) < 4.78 is 13.1. The molecule has 1 aliphatic heterocycles. The summed E-state index contributed by atoms with van der Waals surface area (Å²) in [5, 5.41) is 9.39. The average molecular weight is 394 g/mol. The Bertz CT molecular complexity index is 1000. The third kappa shape index (κ3) is 3.89. The van der Waals surface area contributed by atoms with E-state index in [1.807, 2.05) is 54.6 Å². The van der Waals surface area contributed by atoms with Crippen molar-refractivity contribution in [1.29, 1.82) is 0 Å². The van der Waals surface area contributed by atoms with Crippen molar-refractivity contribution in [3.05, 3.63) is 101 Å². The third-order valence-corrected chi connectivity index (χ3v) is 4.84. The van der Waals surface area contributed by atoms with Crippen LogP contribution in [0.4, 0.5) is 14.9 Å². The quantitative estimate of drug-likeness (QED) is 0.626. The van der Waals surface area contributed by atoms with Gasteiger partial charge in [0, 0.05) is 16.6 Å². The lowest BCUT2D eigenvalue weighted by Crippen LogP contribution is -2.30. The van der Waals surface area contributed by atoms with E-state index in [4.69, 9.17) is 11.6 Å². The average Bonchev–Trinajstić information content (AvgIpc) is 3.16. The van der Waals surface area contributed by atoms with E-state index in [1.54, 1.807) is 0 Å². The topological polar surface area (TPSA) is 44.7 Å². The van der Waals surface area contributed by atoms with Gasteiger partial charge in [0.05, 0.1) is 12.3 Å². The Hall–Kier alpha value is -3.18. The molecule has 0 aromatic heterocycles. The zero-order chi connectivity index (χ0) is 19.5. The van der Waals surface area contributed by atoms with Crippen molar-refractivity contribution in [3.63, 3.8) is 0 Å². The van der Waals surface area contributed by atoms with Gasteiger partial charge >= 0.3 is 6.03 Å². The highest BCUT2D eigenvalue weighted by atomic mass is 35.5. The molecule has 0 spiro atoms. The summed E-state index contributed by atoms with van der Waals surface area (Å²) in [6.45, 7) is 0.412. The lowest BCUT2D eigenvalue weighted by Gasteiger charge is -2.16. The molecule has 0 radical (unpaired) electrons. The van der Waals surface area contributed by atoms with Crippen molar-refractivity contribution in [2.75, 3.05) is 11.9 Å². The summed E-state index contributed by atoms with van der Waals surface area (Å²) in [5.74, 6) is -0.410. The van der Waals surface area contributed by atoms with Crippen LogP contribution in [0.25, 0.3) is 0 Å². The molecule has 140 valence electrons. The molecule has 6 heteroatoms. The van der Waals surface area contributed by atoms with Crippen LogP contribution in [0.1, 0.15) is 17.0 Å². The molecule has 0 saturated carbocycles. The zero-order valence-electron chi connectivity index (χ0n) is 14.8. The molecule has 1 heterocycles. The number of hydrazone groups is 1. The van der Waals surface area contributed by atoms with Gasteiger partial charge in [0.15, 0.2) is 0 Å². The molecule has 0 aliphatic carbocycles. The van der Waals surface area contributed by atoms with Gasteiger partial charge in [0.2, 0.25) is 0 Å². The Morgan fingerprint density at radius 1 is 1.00 bits per heavy atom. The Kier molecular flexibility index (Phi) is 5.08. The highest BCUT2D eigenvalue weighted by Crippen LogP contribution is 2.29. The fourth-order valence-electron chi connectivity index (χ4n) is 3.18. The summed E-state index contributed by atoms with van der Waals surface area (Å²) in [5.41, 5.74) is 3.30. The Balaban J connectivity index is 1.62. The lowest BCUT2D eigenvalue weighted by molar-refractivity contribution is 0.218. The summed E-state index contributed by atoms with van der Waals surface area (Å²) in [6.07, 6.45) is 0. The van der Waals surface area contributed by atoms with E-state index in [2.05, 4.69) is 10.4 Å². The van der Waals surface area contributed by atoms with Gasteiger partial charge in [-0.3, -0.25) is 0 Å². The number of anilines is 1. The first kappa shape index (κ1) is 18.2. The first-order valence-electron chi connectivity index (χ1n) is 8.83. The number of nitrogens with zero attached hydrogens (tertiary/aromatic N) is 2. The van der Waals surface area contributed by atoms with Crippen molar-refractivity contribution >= 4 is 29.0 Å². The first-order chi connectivity index (χ1) is 13.6. The van der Waals surface area contributed by atoms with Crippen LogP contribution in [0.15, 0.2) is 84.0 Å². The standard InChI is InChI=1S/C22H17ClFN3O/c23-17-8-6-16(7-9-17)21-20(15-4-2-1-3-5-15)14-27(26-21)22(28)25-19-12-10-18(24)11-13-19/h1-13,20H,14H2,(H,25,28). The minimum absolute atomic E-state index is 0.0543. The number of hydrogen-bond donors (Lipinski definition) is 1. The summed E-state index contributed by atoms with van der Waals surface area (Å²) in [7, 11) is 0. The summed E-state index contributed by atoms with van der Waals surface area (Å²) in [4.78, 5) is 12.7. The van der Waals surface area contributed by atoms with Gasteiger partial charge in [-0.2, -0.15) is 5.10 Å². The number of carbonyl (C=O) groups excluding carboxylic acids is 1. The molecule has 0 saturated heterocycles. The van der Waals surface area contributed by atoms with Gasteiger partial charge in [-0.25, -0.2) is 14.2 Å². The molecule has 3 aromatic rings. The zero-order valence-corrected chi connectivity index (χ0v) is 15.6. The SMILES string of the molecule is O=C(Nc1ccc(F)cc1)N1CC(c2ccccc2)C(c2ccc(Cl)cc2)=N1. The van der Waals surface area contributed by atoms with E-state index in [9.17, 15) is 9.18 Å². The Morgan fingerprint density at radius 3 is 2.36 bits per heavy atom. The van der Waals surface area contributed by atoms with Crippen molar-refractivity contribution in [3.8, 4) is 0 Å². The fourth-order valence-corrected chi connectivity index (χ4v) is 3.30. The highest BCUT2D eigenvalue weighted by molar-refractivity contribution is 6.30. The predicted molar refractivity (Wildman–Crippen MR) is 109 cm³/mol. The second kappa shape index (κ2) is 7.82. The highest BCUT2D eigenvalue weighted by Gasteiger charge is 2.32. The van der Waals surface area contributed by atoms with Crippen LogP contribution in [0.5, 0.6) is 0 Å². The second-order valence-corrected chi connectivity index (χ2v) is 6.91. The second-order valence-electron chi connectivity index (χ2n) is 6.47. The minimum atomic E-state index is -0.364. The van der Waals surface area contributed by atoms with Gasteiger partial charge in [-0.1, -0.05) is 54.1 Å². The minimum Gasteiger partial charge on any atom is -0.306 e. The van der Waals surface area contributed by atoms with Gasteiger partial charge in [0.1, 0.15) is 5.82 Å². The van der Waals surface area contributed by atoms with Gasteiger partial charge in [-0.05, 0) is 47.5 Å². The fraction of sp³-hybridized carbons (Fsp3) is 0.0909. The van der Waals surface area contributed by atoms with Crippen LogP contribution in [-0.4, -0.2) is 23.3 Å². The molecule has 1 N–H and O–H groups in total. The first-order valence-corrected chi connectivity index (χ1v) is 9.21. The molecule has 0 bridgehead atoms. The van der Waals surface area contributed by atoms with E-state index in [0.29, 0.717) is 17.3 Å². The molecule has 1 atom stereocenters. The van der Waals surface area contributed by atoms with Crippen molar-refractivity contribution in [1.82, 2.24) is 5.01 Å². The van der Waals surface area contributed by atoms with Crippen molar-refractivity contribution < 1.29 is 9.18 Å². The predicted octanol–water partition coefficient (Wildman–Crippen LogP) is 5.51. The van der Waals surface area contributed by atoms with Crippen molar-refractivity contribution in [2.24, 2.45) is 5.10 Å². The molecular weight excluding hydrogens is 377 g/mol. The number of carbonyl (C=O) groups is 1. The van der Waals surface area contributed by atoms with E-state index in [-0.39, 0.29) is 17.8 Å². The molecule has 1 aliphatic rings. The number of rotatable bonds is 3. The van der Waals surface area contributed by atoms with Crippen LogP contribution in [0, 0.1) is 5.82 Å². The van der Waals surface area contributed by atoms with Crippen molar-refractivity contribution in [2.45, 2.75) is 5.92 Å². The lowest BCUT2D eigenvalue weighted by atomic mass is 9.91. The number of nitrogens with one attached hydrogen (secondary N) is 1. The Labute approximate surface area is 167 Å². The van der Waals surface area contributed by atoms with Gasteiger partial charge in [0.25, 0.3) is 0 Å². The molecule has 4 rings (SSSR count). The molecule has 2 amide bonds. The molecule has 4 nitrogen and oxygen atoms in total. The van der Waals surface area contributed by atoms with E-state index >= 15 is 0 Å². The number of urea groups is 1. The van der Waals surface area contributed by atoms with Crippen LogP contribution in [-0.2, 0) is 0 Å². The summed E-state index contributed by atoms with van der Waals surface area (Å²) >= 11 is 6.01. The van der Waals surface area contributed by atoms with Crippen LogP contribution < -0.4 is 5.32 Å². The van der Waals surface area contributed by atoms with E-state index in [0.717, 1.165) is 16.8 Å². The molecule has 28 heavy (non-hydrogen) atoms. The summed E-state index contributed by atoms with van der Waals surface area (Å²) in [6, 6.07) is 22.6. The number of halogens is 2.